The number of nitrogens with zero attached hydrogens (tertiary/aromatic N) is 3. The number of imidazole rings is 1. The van der Waals surface area contributed by atoms with Gasteiger partial charge in [-0.15, -0.1) is 0 Å². The van der Waals surface area contributed by atoms with Crippen LogP contribution in [0.15, 0.2) is 48.8 Å². The molecule has 0 N–H and O–H groups in total. The van der Waals surface area contributed by atoms with Gasteiger partial charge in [0.1, 0.15) is 11.6 Å². The van der Waals surface area contributed by atoms with E-state index in [1.807, 2.05) is 62.1 Å². The Morgan fingerprint density at radius 2 is 1.96 bits per heavy atom. The molecular weight excluding hydrogens is 314 g/mol. The standard InChI is InChI=1S/C20H23N3O2/c1-14(20(24)23(3)13-19-21-9-10-22(19)2)15-5-6-17-12-18(25-4)8-7-16(17)11-15/h5-12,14H,13H2,1-4H3/t14-/m1/s1. The van der Waals surface area contributed by atoms with Crippen molar-refractivity contribution in [1.82, 2.24) is 14.5 Å². The van der Waals surface area contributed by atoms with Crippen molar-refractivity contribution in [2.24, 2.45) is 7.05 Å². The molecule has 25 heavy (non-hydrogen) atoms. The van der Waals surface area contributed by atoms with Crippen LogP contribution in [0.4, 0.5) is 0 Å². The summed E-state index contributed by atoms with van der Waals surface area (Å²) in [5, 5.41) is 2.20. The summed E-state index contributed by atoms with van der Waals surface area (Å²) in [6, 6.07) is 12.1. The third-order valence-corrected chi connectivity index (χ3v) is 4.62. The number of hydrogen-bond acceptors (Lipinski definition) is 3. The quantitative estimate of drug-likeness (QED) is 0.717. The van der Waals surface area contributed by atoms with E-state index >= 15 is 0 Å². The summed E-state index contributed by atoms with van der Waals surface area (Å²) in [5.41, 5.74) is 1.01. The fraction of sp³-hybridized carbons (Fsp3) is 0.300. The van der Waals surface area contributed by atoms with Crippen molar-refractivity contribution >= 4 is 16.7 Å². The molecule has 130 valence electrons. The molecule has 3 rings (SSSR count). The fourth-order valence-electron chi connectivity index (χ4n) is 2.95. The molecule has 0 aliphatic carbocycles. The molecule has 1 aromatic heterocycles. The van der Waals surface area contributed by atoms with Crippen LogP contribution >= 0.6 is 0 Å². The number of aryl methyl sites for hydroxylation is 1. The van der Waals surface area contributed by atoms with Crippen molar-refractivity contribution < 1.29 is 9.53 Å². The lowest BCUT2D eigenvalue weighted by atomic mass is 9.96. The second kappa shape index (κ2) is 6.97. The van der Waals surface area contributed by atoms with Gasteiger partial charge >= 0.3 is 0 Å². The van der Waals surface area contributed by atoms with E-state index in [4.69, 9.17) is 4.74 Å². The molecule has 0 fully saturated rings. The molecule has 5 nitrogen and oxygen atoms in total. The minimum atomic E-state index is -0.211. The van der Waals surface area contributed by atoms with Crippen LogP contribution in [0.25, 0.3) is 10.8 Å². The van der Waals surface area contributed by atoms with Crippen LogP contribution in [-0.4, -0.2) is 34.5 Å². The van der Waals surface area contributed by atoms with E-state index in [9.17, 15) is 4.79 Å². The van der Waals surface area contributed by atoms with Crippen molar-refractivity contribution in [2.75, 3.05) is 14.2 Å². The SMILES string of the molecule is COc1ccc2cc([C@@H](C)C(=O)N(C)Cc3nccn3C)ccc2c1. The molecule has 1 heterocycles. The first kappa shape index (κ1) is 17.0. The number of hydrogen-bond donors (Lipinski definition) is 0. The van der Waals surface area contributed by atoms with E-state index in [0.717, 1.165) is 27.9 Å². The molecule has 0 saturated heterocycles. The lowest BCUT2D eigenvalue weighted by molar-refractivity contribution is -0.131. The first-order valence-electron chi connectivity index (χ1n) is 8.28. The van der Waals surface area contributed by atoms with E-state index in [2.05, 4.69) is 11.1 Å². The second-order valence-electron chi connectivity index (χ2n) is 6.34. The highest BCUT2D eigenvalue weighted by atomic mass is 16.5. The Labute approximate surface area is 147 Å². The van der Waals surface area contributed by atoms with Crippen molar-refractivity contribution in [3.63, 3.8) is 0 Å². The van der Waals surface area contributed by atoms with Crippen molar-refractivity contribution in [2.45, 2.75) is 19.4 Å². The zero-order chi connectivity index (χ0) is 18.0. The summed E-state index contributed by atoms with van der Waals surface area (Å²) in [7, 11) is 5.41. The average molecular weight is 337 g/mol. The monoisotopic (exact) mass is 337 g/mol. The highest BCUT2D eigenvalue weighted by Gasteiger charge is 2.20. The van der Waals surface area contributed by atoms with Gasteiger partial charge in [-0.25, -0.2) is 4.98 Å². The highest BCUT2D eigenvalue weighted by molar-refractivity contribution is 5.88. The van der Waals surface area contributed by atoms with Gasteiger partial charge in [0.2, 0.25) is 5.91 Å². The van der Waals surface area contributed by atoms with Crippen molar-refractivity contribution in [3.8, 4) is 5.75 Å². The predicted molar refractivity (Wildman–Crippen MR) is 98.6 cm³/mol. The molecule has 0 radical (unpaired) electrons. The van der Waals surface area contributed by atoms with Crippen LogP contribution in [0.3, 0.4) is 0 Å². The van der Waals surface area contributed by atoms with E-state index in [0.29, 0.717) is 6.54 Å². The Kier molecular flexibility index (Phi) is 4.74. The zero-order valence-electron chi connectivity index (χ0n) is 15.1. The summed E-state index contributed by atoms with van der Waals surface area (Å²) >= 11 is 0. The summed E-state index contributed by atoms with van der Waals surface area (Å²) in [6.45, 7) is 2.44. The number of rotatable bonds is 5. The highest BCUT2D eigenvalue weighted by Crippen LogP contribution is 2.26. The molecule has 5 heteroatoms. The number of methoxy groups -OCH3 is 1. The number of benzene rings is 2. The van der Waals surface area contributed by atoms with E-state index in [1.165, 1.54) is 0 Å². The van der Waals surface area contributed by atoms with Gasteiger partial charge in [-0.3, -0.25) is 4.79 Å². The Morgan fingerprint density at radius 3 is 2.64 bits per heavy atom. The largest absolute Gasteiger partial charge is 0.497 e. The summed E-state index contributed by atoms with van der Waals surface area (Å²) in [4.78, 5) is 18.8. The molecule has 1 amide bonds. The third kappa shape index (κ3) is 3.50. The molecule has 0 aliphatic rings. The second-order valence-corrected chi connectivity index (χ2v) is 6.34. The van der Waals surface area contributed by atoms with Crippen LogP contribution in [0, 0.1) is 0 Å². The maximum absolute atomic E-state index is 12.8. The van der Waals surface area contributed by atoms with Gasteiger partial charge in [0.25, 0.3) is 0 Å². The van der Waals surface area contributed by atoms with Crippen LogP contribution in [-0.2, 0) is 18.4 Å². The van der Waals surface area contributed by atoms with Crippen LogP contribution < -0.4 is 4.74 Å². The van der Waals surface area contributed by atoms with Gasteiger partial charge in [0, 0.05) is 26.5 Å². The molecule has 0 bridgehead atoms. The topological polar surface area (TPSA) is 47.4 Å². The molecule has 1 atom stereocenters. The number of likely N-dealkylation sites (N-methyl/N-ethyl adjacent to an activating group) is 1. The van der Waals surface area contributed by atoms with E-state index in [-0.39, 0.29) is 11.8 Å². The number of carbonyl (C=O) groups excluding carboxylic acids is 1. The third-order valence-electron chi connectivity index (χ3n) is 4.62. The van der Waals surface area contributed by atoms with Crippen LogP contribution in [0.1, 0.15) is 24.2 Å². The summed E-state index contributed by atoms with van der Waals surface area (Å²) < 4.78 is 7.19. The Balaban J connectivity index is 1.79. The van der Waals surface area contributed by atoms with Crippen LogP contribution in [0.2, 0.25) is 0 Å². The van der Waals surface area contributed by atoms with E-state index < -0.39 is 0 Å². The summed E-state index contributed by atoms with van der Waals surface area (Å²) in [5.74, 6) is 1.57. The Morgan fingerprint density at radius 1 is 1.24 bits per heavy atom. The van der Waals surface area contributed by atoms with Gasteiger partial charge < -0.3 is 14.2 Å². The Bertz CT molecular complexity index is 901. The zero-order valence-corrected chi connectivity index (χ0v) is 15.1. The van der Waals surface area contributed by atoms with Gasteiger partial charge in [-0.05, 0) is 35.4 Å². The number of aromatic nitrogens is 2. The molecular formula is C20H23N3O2. The number of carbonyl (C=O) groups is 1. The number of fused-ring (bicyclic) bond motifs is 1. The normalized spacial score (nSPS) is 12.2. The average Bonchev–Trinajstić information content (AvgIpc) is 3.04. The number of ether oxygens (including phenoxy) is 1. The van der Waals surface area contributed by atoms with Crippen LogP contribution in [0.5, 0.6) is 5.75 Å². The minimum Gasteiger partial charge on any atom is -0.497 e. The summed E-state index contributed by atoms with van der Waals surface area (Å²) in [6.07, 6.45) is 3.63. The predicted octanol–water partition coefficient (Wildman–Crippen LogP) is 3.34. The smallest absolute Gasteiger partial charge is 0.229 e. The molecule has 0 unspecified atom stereocenters. The lowest BCUT2D eigenvalue weighted by Gasteiger charge is -2.21. The molecule has 0 saturated carbocycles. The lowest BCUT2D eigenvalue weighted by Crippen LogP contribution is -2.31. The van der Waals surface area contributed by atoms with Gasteiger partial charge in [-0.2, -0.15) is 0 Å². The Hall–Kier alpha value is -2.82. The maximum atomic E-state index is 12.8. The van der Waals surface area contributed by atoms with Gasteiger partial charge in [-0.1, -0.05) is 24.3 Å². The molecule has 0 spiro atoms. The van der Waals surface area contributed by atoms with Crippen molar-refractivity contribution in [1.29, 1.82) is 0 Å². The van der Waals surface area contributed by atoms with Gasteiger partial charge in [0.05, 0.1) is 19.6 Å². The number of amides is 1. The fourth-order valence-corrected chi connectivity index (χ4v) is 2.95. The van der Waals surface area contributed by atoms with Gasteiger partial charge in [0.15, 0.2) is 0 Å². The minimum absolute atomic E-state index is 0.0795. The first-order valence-corrected chi connectivity index (χ1v) is 8.28. The molecule has 0 aliphatic heterocycles. The van der Waals surface area contributed by atoms with E-state index in [1.54, 1.807) is 18.2 Å². The maximum Gasteiger partial charge on any atom is 0.229 e. The first-order chi connectivity index (χ1) is 12.0. The molecule has 2 aromatic carbocycles. The van der Waals surface area contributed by atoms with Crippen molar-refractivity contribution in [3.05, 3.63) is 60.2 Å². The molecule has 3 aromatic rings.